The maximum Gasteiger partial charge on any atom is 0.673 e. The highest BCUT2D eigenvalue weighted by atomic mass is 19.5. The smallest absolute Gasteiger partial charge is 0.418 e. The minimum atomic E-state index is -6.00. The van der Waals surface area contributed by atoms with E-state index in [4.69, 9.17) is 0 Å². The molecule has 0 bridgehead atoms. The van der Waals surface area contributed by atoms with Crippen molar-refractivity contribution in [2.45, 2.75) is 39.2 Å². The molecule has 1 rings (SSSR count). The summed E-state index contributed by atoms with van der Waals surface area (Å²) in [7, 11) is -6.00. The van der Waals surface area contributed by atoms with E-state index < -0.39 is 7.25 Å². The van der Waals surface area contributed by atoms with Gasteiger partial charge in [0.15, 0.2) is 12.4 Å². The molecule has 17 heavy (non-hydrogen) atoms. The molecule has 0 N–H and O–H groups in total. The standard InChI is InChI=1S/C11H18N.BF4/c1-2-3-4-6-9-12-10-7-5-8-11-12;2-1(3,4)5/h5,7-8,10-11H,2-4,6,9H2,1H3;/q+1;-1. The van der Waals surface area contributed by atoms with Crippen molar-refractivity contribution in [3.63, 3.8) is 0 Å². The summed E-state index contributed by atoms with van der Waals surface area (Å²) in [5.41, 5.74) is 0. The monoisotopic (exact) mass is 251 g/mol. The molecule has 0 amide bonds. The third-order valence-electron chi connectivity index (χ3n) is 2.05. The highest BCUT2D eigenvalue weighted by Crippen LogP contribution is 2.06. The highest BCUT2D eigenvalue weighted by molar-refractivity contribution is 6.50. The van der Waals surface area contributed by atoms with E-state index in [1.807, 2.05) is 0 Å². The zero-order valence-electron chi connectivity index (χ0n) is 9.96. The maximum atomic E-state index is 9.75. The second-order valence-corrected chi connectivity index (χ2v) is 3.67. The van der Waals surface area contributed by atoms with Crippen LogP contribution in [0, 0.1) is 0 Å². The fourth-order valence-electron chi connectivity index (χ4n) is 1.30. The molecule has 0 saturated carbocycles. The second kappa shape index (κ2) is 9.02. The van der Waals surface area contributed by atoms with Crippen molar-refractivity contribution >= 4 is 7.25 Å². The molecule has 0 unspecified atom stereocenters. The van der Waals surface area contributed by atoms with Crippen LogP contribution in [-0.2, 0) is 6.54 Å². The molecule has 0 fully saturated rings. The number of halogens is 4. The predicted octanol–water partition coefficient (Wildman–Crippen LogP) is 3.85. The first kappa shape index (κ1) is 15.9. The van der Waals surface area contributed by atoms with Crippen molar-refractivity contribution in [2.24, 2.45) is 0 Å². The molecule has 1 aromatic rings. The summed E-state index contributed by atoms with van der Waals surface area (Å²) in [5, 5.41) is 0. The molecule has 0 aliphatic carbocycles. The van der Waals surface area contributed by atoms with E-state index in [1.54, 1.807) is 0 Å². The van der Waals surface area contributed by atoms with Gasteiger partial charge in [0, 0.05) is 18.6 Å². The van der Waals surface area contributed by atoms with Gasteiger partial charge in [-0.25, -0.2) is 4.57 Å². The summed E-state index contributed by atoms with van der Waals surface area (Å²) in [6.45, 7) is 3.41. The Labute approximate surface area is 99.6 Å². The van der Waals surface area contributed by atoms with Gasteiger partial charge in [-0.2, -0.15) is 0 Å². The Kier molecular flexibility index (Phi) is 8.45. The molecule has 0 spiro atoms. The van der Waals surface area contributed by atoms with Gasteiger partial charge in [0.05, 0.1) is 0 Å². The van der Waals surface area contributed by atoms with E-state index in [9.17, 15) is 17.3 Å². The average molecular weight is 251 g/mol. The lowest BCUT2D eigenvalue weighted by Gasteiger charge is -1.95. The van der Waals surface area contributed by atoms with Crippen LogP contribution >= 0.6 is 0 Å². The minimum absolute atomic E-state index is 1.17. The number of rotatable bonds is 5. The van der Waals surface area contributed by atoms with E-state index in [1.165, 1.54) is 32.2 Å². The molecule has 1 heterocycles. The number of nitrogens with zero attached hydrogens (tertiary/aromatic N) is 1. The lowest BCUT2D eigenvalue weighted by molar-refractivity contribution is -0.697. The summed E-state index contributed by atoms with van der Waals surface area (Å²) in [4.78, 5) is 0. The number of pyridine rings is 1. The maximum absolute atomic E-state index is 9.75. The van der Waals surface area contributed by atoms with Crippen LogP contribution in [0.5, 0.6) is 0 Å². The molecule has 0 saturated heterocycles. The van der Waals surface area contributed by atoms with Crippen molar-refractivity contribution in [2.75, 3.05) is 0 Å². The van der Waals surface area contributed by atoms with Crippen LogP contribution in [0.4, 0.5) is 17.3 Å². The first-order valence-corrected chi connectivity index (χ1v) is 5.75. The number of hydrogen-bond donors (Lipinski definition) is 0. The highest BCUT2D eigenvalue weighted by Gasteiger charge is 2.20. The van der Waals surface area contributed by atoms with Crippen LogP contribution in [0.15, 0.2) is 30.6 Å². The molecule has 1 nitrogen and oxygen atoms in total. The molecule has 0 aromatic carbocycles. The van der Waals surface area contributed by atoms with Crippen molar-refractivity contribution in [1.29, 1.82) is 0 Å². The summed E-state index contributed by atoms with van der Waals surface area (Å²) in [6, 6.07) is 6.22. The molecule has 1 aromatic heterocycles. The van der Waals surface area contributed by atoms with E-state index in [0.29, 0.717) is 0 Å². The van der Waals surface area contributed by atoms with Crippen molar-refractivity contribution in [3.8, 4) is 0 Å². The first-order chi connectivity index (χ1) is 7.93. The summed E-state index contributed by atoms with van der Waals surface area (Å²) < 4.78 is 41.2. The third-order valence-corrected chi connectivity index (χ3v) is 2.05. The predicted molar refractivity (Wildman–Crippen MR) is 61.0 cm³/mol. The van der Waals surface area contributed by atoms with E-state index in [0.717, 1.165) is 0 Å². The van der Waals surface area contributed by atoms with Crippen LogP contribution in [0.3, 0.4) is 0 Å². The lowest BCUT2D eigenvalue weighted by atomic mass is 10.2. The zero-order chi connectivity index (χ0) is 13.1. The van der Waals surface area contributed by atoms with Gasteiger partial charge in [-0.15, -0.1) is 0 Å². The molecular weight excluding hydrogens is 233 g/mol. The Morgan fingerprint density at radius 1 is 0.882 bits per heavy atom. The lowest BCUT2D eigenvalue weighted by Crippen LogP contribution is -2.32. The molecular formula is C11H18BF4N. The second-order valence-electron chi connectivity index (χ2n) is 3.67. The van der Waals surface area contributed by atoms with Gasteiger partial charge in [0.2, 0.25) is 0 Å². The fourth-order valence-corrected chi connectivity index (χ4v) is 1.30. The van der Waals surface area contributed by atoms with Crippen molar-refractivity contribution in [1.82, 2.24) is 0 Å². The van der Waals surface area contributed by atoms with Crippen molar-refractivity contribution in [3.05, 3.63) is 30.6 Å². The number of aromatic nitrogens is 1. The van der Waals surface area contributed by atoms with Gasteiger partial charge in [-0.05, 0) is 6.42 Å². The van der Waals surface area contributed by atoms with Crippen LogP contribution in [-0.4, -0.2) is 7.25 Å². The normalized spacial score (nSPS) is 10.6. The van der Waals surface area contributed by atoms with Gasteiger partial charge in [0.25, 0.3) is 0 Å². The quantitative estimate of drug-likeness (QED) is 0.324. The van der Waals surface area contributed by atoms with E-state index in [2.05, 4.69) is 42.1 Å². The van der Waals surface area contributed by atoms with Gasteiger partial charge < -0.3 is 17.3 Å². The number of unbranched alkanes of at least 4 members (excludes halogenated alkanes) is 3. The van der Waals surface area contributed by atoms with Gasteiger partial charge >= 0.3 is 7.25 Å². The van der Waals surface area contributed by atoms with Gasteiger partial charge in [-0.1, -0.05) is 25.8 Å². The largest absolute Gasteiger partial charge is 0.673 e. The molecule has 0 atom stereocenters. The molecule has 6 heteroatoms. The summed E-state index contributed by atoms with van der Waals surface area (Å²) in [5.74, 6) is 0. The number of aryl methyl sites for hydroxylation is 1. The number of hydrogen-bond acceptors (Lipinski definition) is 0. The topological polar surface area (TPSA) is 3.88 Å². The third kappa shape index (κ3) is 14.9. The molecule has 98 valence electrons. The Morgan fingerprint density at radius 3 is 1.88 bits per heavy atom. The van der Waals surface area contributed by atoms with Crippen LogP contribution in [0.25, 0.3) is 0 Å². The van der Waals surface area contributed by atoms with E-state index in [-0.39, 0.29) is 0 Å². The van der Waals surface area contributed by atoms with Crippen molar-refractivity contribution < 1.29 is 21.8 Å². The Bertz CT molecular complexity index is 271. The minimum Gasteiger partial charge on any atom is -0.418 e. The van der Waals surface area contributed by atoms with Gasteiger partial charge in [0.1, 0.15) is 6.54 Å². The molecule has 0 radical (unpaired) electrons. The fraction of sp³-hybridized carbons (Fsp3) is 0.545. The van der Waals surface area contributed by atoms with Crippen LogP contribution < -0.4 is 4.57 Å². The Balaban J connectivity index is 0.000000437. The van der Waals surface area contributed by atoms with E-state index >= 15 is 0 Å². The van der Waals surface area contributed by atoms with Gasteiger partial charge in [-0.3, -0.25) is 0 Å². The molecule has 0 aliphatic heterocycles. The summed E-state index contributed by atoms with van der Waals surface area (Å²) >= 11 is 0. The Hall–Kier alpha value is -1.07. The Morgan fingerprint density at radius 2 is 1.41 bits per heavy atom. The first-order valence-electron chi connectivity index (χ1n) is 5.75. The zero-order valence-corrected chi connectivity index (χ0v) is 9.96. The van der Waals surface area contributed by atoms with Crippen LogP contribution in [0.2, 0.25) is 0 Å². The molecule has 0 aliphatic rings. The van der Waals surface area contributed by atoms with Crippen LogP contribution in [0.1, 0.15) is 32.6 Å². The average Bonchev–Trinajstić information content (AvgIpc) is 2.24. The SMILES string of the molecule is CCCCCC[n+]1ccccc1.F[B-](F)(F)F. The summed E-state index contributed by atoms with van der Waals surface area (Å²) in [6.07, 6.45) is 9.62.